The van der Waals surface area contributed by atoms with E-state index >= 15 is 0 Å². The van der Waals surface area contributed by atoms with E-state index in [0.29, 0.717) is 28.6 Å². The first-order valence-electron chi connectivity index (χ1n) is 15.4. The average Bonchev–Trinajstić information content (AvgIpc) is 2.75. The Morgan fingerprint density at radius 3 is 2.17 bits per heavy atom. The number of nitrogens with zero attached hydrogens (tertiary/aromatic N) is 1. The van der Waals surface area contributed by atoms with Crippen LogP contribution in [0, 0.1) is 44.3 Å². The number of fused-ring (bicyclic) bond motifs is 6. The third-order valence-corrected chi connectivity index (χ3v) is 14.1. The molecule has 6 aliphatic rings. The molecule has 7 atom stereocenters. The zero-order valence-electron chi connectivity index (χ0n) is 24.4. The number of likely N-dealkylation sites (tertiary alicyclic amines) is 1. The van der Waals surface area contributed by atoms with E-state index in [1.165, 1.54) is 51.4 Å². The van der Waals surface area contributed by atoms with Gasteiger partial charge >= 0.3 is 0 Å². The second kappa shape index (κ2) is 7.64. The summed E-state index contributed by atoms with van der Waals surface area (Å²) in [6.07, 6.45) is 13.8. The summed E-state index contributed by atoms with van der Waals surface area (Å²) in [5, 5.41) is 11.0. The molecule has 202 valence electrons. The van der Waals surface area contributed by atoms with E-state index in [9.17, 15) is 9.90 Å². The van der Waals surface area contributed by atoms with Gasteiger partial charge in [0.25, 0.3) is 0 Å². The van der Waals surface area contributed by atoms with Crippen molar-refractivity contribution in [3.05, 3.63) is 11.1 Å². The third kappa shape index (κ3) is 3.05. The first-order chi connectivity index (χ1) is 16.7. The van der Waals surface area contributed by atoms with Crippen LogP contribution >= 0.6 is 0 Å². The molecule has 1 amide bonds. The van der Waals surface area contributed by atoms with Crippen molar-refractivity contribution in [2.75, 3.05) is 13.1 Å². The van der Waals surface area contributed by atoms with Crippen LogP contribution in [0.2, 0.25) is 0 Å². The van der Waals surface area contributed by atoms with Crippen molar-refractivity contribution < 1.29 is 9.90 Å². The van der Waals surface area contributed by atoms with Crippen LogP contribution in [0.1, 0.15) is 126 Å². The van der Waals surface area contributed by atoms with Crippen LogP contribution in [0.15, 0.2) is 11.1 Å². The lowest BCUT2D eigenvalue weighted by Crippen LogP contribution is -2.64. The lowest BCUT2D eigenvalue weighted by Gasteiger charge is -2.71. The minimum absolute atomic E-state index is 0.00667. The van der Waals surface area contributed by atoms with E-state index in [4.69, 9.17) is 0 Å². The summed E-state index contributed by atoms with van der Waals surface area (Å²) in [4.78, 5) is 16.3. The summed E-state index contributed by atoms with van der Waals surface area (Å²) in [6.45, 7) is 19.4. The molecule has 1 N–H and O–H groups in total. The zero-order valence-corrected chi connectivity index (χ0v) is 24.4. The fourth-order valence-electron chi connectivity index (χ4n) is 11.4. The Morgan fingerprint density at radius 2 is 1.50 bits per heavy atom. The van der Waals surface area contributed by atoms with Gasteiger partial charge in [0.1, 0.15) is 0 Å². The van der Waals surface area contributed by atoms with Crippen LogP contribution in [0.25, 0.3) is 0 Å². The largest absolute Gasteiger partial charge is 0.393 e. The molecule has 1 aliphatic heterocycles. The van der Waals surface area contributed by atoms with Crippen molar-refractivity contribution in [1.82, 2.24) is 4.90 Å². The number of aliphatic hydroxyl groups is 1. The number of carbonyl (C=O) groups is 1. The monoisotopic (exact) mass is 495 g/mol. The molecular weight excluding hydrogens is 442 g/mol. The van der Waals surface area contributed by atoms with E-state index in [-0.39, 0.29) is 27.8 Å². The van der Waals surface area contributed by atoms with Gasteiger partial charge in [-0.2, -0.15) is 0 Å². The van der Waals surface area contributed by atoms with Gasteiger partial charge in [0.15, 0.2) is 0 Å². The van der Waals surface area contributed by atoms with E-state index in [1.54, 1.807) is 11.1 Å². The molecule has 0 bridgehead atoms. The van der Waals surface area contributed by atoms with Gasteiger partial charge < -0.3 is 10.0 Å². The normalized spacial score (nSPS) is 49.2. The molecule has 5 fully saturated rings. The molecule has 6 rings (SSSR count). The molecule has 3 heteroatoms. The number of rotatable bonds is 1. The smallest absolute Gasteiger partial charge is 0.232 e. The molecule has 1 heterocycles. The lowest BCUT2D eigenvalue weighted by atomic mass is 9.34. The Kier molecular flexibility index (Phi) is 5.40. The molecule has 4 saturated carbocycles. The fourth-order valence-corrected chi connectivity index (χ4v) is 11.4. The summed E-state index contributed by atoms with van der Waals surface area (Å²) >= 11 is 0. The quantitative estimate of drug-likeness (QED) is 0.382. The van der Waals surface area contributed by atoms with Gasteiger partial charge in [-0.25, -0.2) is 0 Å². The third-order valence-electron chi connectivity index (χ3n) is 14.1. The van der Waals surface area contributed by atoms with Crippen molar-refractivity contribution in [3.63, 3.8) is 0 Å². The van der Waals surface area contributed by atoms with Gasteiger partial charge in [0, 0.05) is 13.1 Å². The predicted octanol–water partition coefficient (Wildman–Crippen LogP) is 7.53. The van der Waals surface area contributed by atoms with Crippen LogP contribution in [-0.4, -0.2) is 35.1 Å². The summed E-state index contributed by atoms with van der Waals surface area (Å²) in [5.74, 6) is 1.80. The molecule has 5 aliphatic carbocycles. The highest BCUT2D eigenvalue weighted by Gasteiger charge is 2.68. The van der Waals surface area contributed by atoms with Crippen LogP contribution in [0.4, 0.5) is 0 Å². The van der Waals surface area contributed by atoms with Crippen molar-refractivity contribution in [3.8, 4) is 0 Å². The number of hydrogen-bond donors (Lipinski definition) is 1. The van der Waals surface area contributed by atoms with E-state index < -0.39 is 0 Å². The molecule has 1 saturated heterocycles. The Bertz CT molecular complexity index is 990. The first kappa shape index (κ1) is 25.4. The minimum Gasteiger partial charge on any atom is -0.393 e. The predicted molar refractivity (Wildman–Crippen MR) is 146 cm³/mol. The first-order valence-corrected chi connectivity index (χ1v) is 15.4. The van der Waals surface area contributed by atoms with Crippen molar-refractivity contribution >= 4 is 5.91 Å². The standard InChI is InChI=1S/C33H53NO2/c1-28(2)15-17-33(27(36)34-19-8-20-34)18-16-31(6)22(23(33)21-28)9-10-25-30(5)13-12-26(35)29(3,4)24(30)11-14-32(25,31)7/h24-26,35H,8-21H2,1-7H3/t24-,25+,26-,30-,31+,32+,33-/m0/s1. The minimum atomic E-state index is -0.202. The number of amides is 1. The van der Waals surface area contributed by atoms with Gasteiger partial charge in [0.05, 0.1) is 11.5 Å². The van der Waals surface area contributed by atoms with E-state index in [1.807, 2.05) is 0 Å². The van der Waals surface area contributed by atoms with Gasteiger partial charge in [-0.1, -0.05) is 59.6 Å². The lowest BCUT2D eigenvalue weighted by molar-refractivity contribution is -0.205. The highest BCUT2D eigenvalue weighted by Crippen LogP contribution is 2.75. The van der Waals surface area contributed by atoms with Crippen molar-refractivity contribution in [2.45, 2.75) is 132 Å². The number of hydrogen-bond acceptors (Lipinski definition) is 2. The van der Waals surface area contributed by atoms with Gasteiger partial charge in [0.2, 0.25) is 5.91 Å². The van der Waals surface area contributed by atoms with Crippen LogP contribution in [-0.2, 0) is 4.79 Å². The molecule has 0 aromatic carbocycles. The topological polar surface area (TPSA) is 40.5 Å². The second-order valence-corrected chi connectivity index (χ2v) is 16.3. The molecule has 0 spiro atoms. The van der Waals surface area contributed by atoms with Gasteiger partial charge in [-0.3, -0.25) is 4.79 Å². The Morgan fingerprint density at radius 1 is 0.806 bits per heavy atom. The van der Waals surface area contributed by atoms with Crippen LogP contribution in [0.3, 0.4) is 0 Å². The van der Waals surface area contributed by atoms with Crippen molar-refractivity contribution in [1.29, 1.82) is 0 Å². The molecule has 36 heavy (non-hydrogen) atoms. The van der Waals surface area contributed by atoms with E-state index in [2.05, 4.69) is 53.4 Å². The average molecular weight is 496 g/mol. The summed E-state index contributed by atoms with van der Waals surface area (Å²) in [6, 6.07) is 0. The molecule has 0 unspecified atom stereocenters. The van der Waals surface area contributed by atoms with E-state index in [0.717, 1.165) is 38.8 Å². The molecule has 0 aromatic rings. The summed E-state index contributed by atoms with van der Waals surface area (Å²) in [5.41, 5.74) is 4.23. The second-order valence-electron chi connectivity index (χ2n) is 16.3. The summed E-state index contributed by atoms with van der Waals surface area (Å²) in [7, 11) is 0. The zero-order chi connectivity index (χ0) is 25.9. The van der Waals surface area contributed by atoms with Crippen LogP contribution in [0.5, 0.6) is 0 Å². The highest BCUT2D eigenvalue weighted by atomic mass is 16.3. The maximum atomic E-state index is 14.1. The van der Waals surface area contributed by atoms with Crippen molar-refractivity contribution in [2.24, 2.45) is 44.3 Å². The SMILES string of the molecule is CC1(C)CC[C@]2(C(=O)N3CCC3)CC[C@]3(C)C(=C2C1)CC[C@@H]1[C@@]2(C)CC[C@H](O)C(C)(C)[C@@H]2CC[C@]13C. The molecular formula is C33H53NO2. The Balaban J connectivity index is 1.45. The number of carbonyl (C=O) groups excluding carboxylic acids is 1. The highest BCUT2D eigenvalue weighted by molar-refractivity contribution is 5.87. The molecule has 0 aromatic heterocycles. The Labute approximate surface area is 220 Å². The Hall–Kier alpha value is -0.830. The number of allylic oxidation sites excluding steroid dienone is 1. The number of aliphatic hydroxyl groups excluding tert-OH is 1. The maximum Gasteiger partial charge on any atom is 0.232 e. The van der Waals surface area contributed by atoms with Gasteiger partial charge in [-0.15, -0.1) is 0 Å². The van der Waals surface area contributed by atoms with Crippen LogP contribution < -0.4 is 0 Å². The fraction of sp³-hybridized carbons (Fsp3) is 0.909. The summed E-state index contributed by atoms with van der Waals surface area (Å²) < 4.78 is 0. The molecule has 3 nitrogen and oxygen atoms in total. The maximum absolute atomic E-state index is 14.1. The molecule has 0 radical (unpaired) electrons. The van der Waals surface area contributed by atoms with Gasteiger partial charge in [-0.05, 0) is 116 Å².